The van der Waals surface area contributed by atoms with Gasteiger partial charge >= 0.3 is 0 Å². The zero-order chi connectivity index (χ0) is 12.5. The minimum atomic E-state index is -1.81. The smallest absolute Gasteiger partial charge is 0.187 e. The van der Waals surface area contributed by atoms with Crippen LogP contribution in [0.2, 0.25) is 0 Å². The molecule has 0 aromatic heterocycles. The lowest BCUT2D eigenvalue weighted by Gasteiger charge is -2.35. The lowest BCUT2D eigenvalue weighted by molar-refractivity contribution is 0.418. The van der Waals surface area contributed by atoms with E-state index in [0.717, 1.165) is 23.4 Å². The second-order valence-corrected chi connectivity index (χ2v) is 7.29. The molecule has 0 saturated heterocycles. The molecule has 1 aliphatic heterocycles. The van der Waals surface area contributed by atoms with Gasteiger partial charge in [-0.3, -0.25) is 0 Å². The van der Waals surface area contributed by atoms with Crippen LogP contribution in [0.4, 0.5) is 5.69 Å². The second-order valence-electron chi connectivity index (χ2n) is 4.87. The first kappa shape index (κ1) is 12.5. The molecule has 18 heavy (non-hydrogen) atoms. The van der Waals surface area contributed by atoms with Gasteiger partial charge in [-0.15, -0.1) is 0 Å². The largest absolute Gasteiger partial charge is 0.343 e. The Bertz CT molecular complexity index is 460. The number of fused-ring (bicyclic) bond motifs is 1. The highest BCUT2D eigenvalue weighted by Gasteiger charge is 2.38. The second kappa shape index (κ2) is 5.23. The minimum Gasteiger partial charge on any atom is -0.343 e. The van der Waals surface area contributed by atoms with Crippen molar-refractivity contribution in [3.05, 3.63) is 24.3 Å². The predicted molar refractivity (Wildman–Crippen MR) is 76.2 cm³/mol. The van der Waals surface area contributed by atoms with Gasteiger partial charge in [-0.05, 0) is 25.0 Å². The highest BCUT2D eigenvalue weighted by atomic mass is 32.2. The molecule has 3 rings (SSSR count). The number of para-hydroxylation sites is 1. The number of nitrogens with zero attached hydrogens (tertiary/aromatic N) is 1. The van der Waals surface area contributed by atoms with E-state index in [9.17, 15) is 8.76 Å². The summed E-state index contributed by atoms with van der Waals surface area (Å²) in [7, 11) is 0. The molecule has 1 N–H and O–H groups in total. The average molecular weight is 283 g/mol. The molecule has 0 bridgehead atoms. The van der Waals surface area contributed by atoms with Crippen molar-refractivity contribution in [1.29, 1.82) is 0 Å². The molecule has 1 fully saturated rings. The molecule has 1 heterocycles. The first-order valence-electron chi connectivity index (χ1n) is 6.41. The van der Waals surface area contributed by atoms with Crippen molar-refractivity contribution >= 4 is 28.5 Å². The van der Waals surface area contributed by atoms with Gasteiger partial charge in [0.05, 0.1) is 5.69 Å². The van der Waals surface area contributed by atoms with Gasteiger partial charge < -0.3 is 9.45 Å². The fourth-order valence-electron chi connectivity index (χ4n) is 2.92. The molecule has 0 radical (unpaired) electrons. The summed E-state index contributed by atoms with van der Waals surface area (Å²) in [6.07, 6.45) is 6.05. The van der Waals surface area contributed by atoms with Gasteiger partial charge in [-0.25, -0.2) is 4.21 Å². The maximum atomic E-state index is 11.6. The van der Waals surface area contributed by atoms with Gasteiger partial charge in [0.1, 0.15) is 0 Å². The van der Waals surface area contributed by atoms with Crippen molar-refractivity contribution in [3.8, 4) is 0 Å². The van der Waals surface area contributed by atoms with E-state index in [4.69, 9.17) is 0 Å². The van der Waals surface area contributed by atoms with Crippen LogP contribution in [0.1, 0.15) is 32.1 Å². The van der Waals surface area contributed by atoms with E-state index in [0.29, 0.717) is 6.04 Å². The van der Waals surface area contributed by atoms with Crippen LogP contribution >= 0.6 is 11.8 Å². The van der Waals surface area contributed by atoms with Gasteiger partial charge in [0.25, 0.3) is 0 Å². The summed E-state index contributed by atoms with van der Waals surface area (Å²) in [4.78, 5) is 3.32. The van der Waals surface area contributed by atoms with Gasteiger partial charge in [0.2, 0.25) is 0 Å². The molecule has 3 nitrogen and oxygen atoms in total. The number of benzene rings is 1. The standard InChI is InChI=1S/C13H17NO2S2/c15-18(16)13-14(10-6-2-1-3-7-10)11-8-4-5-9-12(11)17-13/h4-5,8-10,13H,1-3,6-7H2,(H,15,16). The van der Waals surface area contributed by atoms with Crippen molar-refractivity contribution < 1.29 is 8.76 Å². The van der Waals surface area contributed by atoms with Crippen molar-refractivity contribution in [2.24, 2.45) is 0 Å². The summed E-state index contributed by atoms with van der Waals surface area (Å²) >= 11 is -0.288. The van der Waals surface area contributed by atoms with Gasteiger partial charge in [0, 0.05) is 10.9 Å². The van der Waals surface area contributed by atoms with Crippen molar-refractivity contribution in [2.75, 3.05) is 4.90 Å². The van der Waals surface area contributed by atoms with Crippen LogP contribution in [-0.2, 0) is 11.1 Å². The third kappa shape index (κ3) is 2.19. The Morgan fingerprint density at radius 3 is 2.67 bits per heavy atom. The van der Waals surface area contributed by atoms with E-state index in [1.807, 2.05) is 18.2 Å². The van der Waals surface area contributed by atoms with Crippen LogP contribution in [0.25, 0.3) is 0 Å². The maximum Gasteiger partial charge on any atom is 0.187 e. The topological polar surface area (TPSA) is 40.5 Å². The van der Waals surface area contributed by atoms with Crippen molar-refractivity contribution in [1.82, 2.24) is 0 Å². The molecule has 0 spiro atoms. The van der Waals surface area contributed by atoms with E-state index >= 15 is 0 Å². The molecule has 5 heteroatoms. The fraction of sp³-hybridized carbons (Fsp3) is 0.538. The minimum absolute atomic E-state index is 0.328. The molecular weight excluding hydrogens is 266 g/mol. The van der Waals surface area contributed by atoms with Crippen LogP contribution in [-0.4, -0.2) is 19.5 Å². The Labute approximate surface area is 114 Å². The summed E-state index contributed by atoms with van der Waals surface area (Å²) in [6.45, 7) is 0. The van der Waals surface area contributed by atoms with Crippen molar-refractivity contribution in [2.45, 2.75) is 47.7 Å². The van der Waals surface area contributed by atoms with Crippen LogP contribution < -0.4 is 4.90 Å². The highest BCUT2D eigenvalue weighted by molar-refractivity contribution is 8.10. The molecule has 1 aliphatic carbocycles. The molecule has 0 amide bonds. The lowest BCUT2D eigenvalue weighted by Crippen LogP contribution is -2.42. The lowest BCUT2D eigenvalue weighted by atomic mass is 9.94. The normalized spacial score (nSPS) is 26.1. The third-order valence-electron chi connectivity index (χ3n) is 3.74. The van der Waals surface area contributed by atoms with E-state index in [1.54, 1.807) is 0 Å². The Hall–Kier alpha value is -0.520. The van der Waals surface area contributed by atoms with Crippen LogP contribution in [0.5, 0.6) is 0 Å². The van der Waals surface area contributed by atoms with E-state index in [1.165, 1.54) is 31.0 Å². The van der Waals surface area contributed by atoms with Crippen LogP contribution in [0.3, 0.4) is 0 Å². The predicted octanol–water partition coefficient (Wildman–Crippen LogP) is 3.44. The van der Waals surface area contributed by atoms with Gasteiger partial charge in [-0.2, -0.15) is 0 Å². The van der Waals surface area contributed by atoms with Gasteiger partial charge in [-0.1, -0.05) is 43.2 Å². The zero-order valence-electron chi connectivity index (χ0n) is 10.1. The number of hydrogen-bond donors (Lipinski definition) is 1. The van der Waals surface area contributed by atoms with Crippen molar-refractivity contribution in [3.63, 3.8) is 0 Å². The summed E-state index contributed by atoms with van der Waals surface area (Å²) in [5.41, 5.74) is 1.14. The maximum absolute atomic E-state index is 11.6. The number of rotatable bonds is 2. The van der Waals surface area contributed by atoms with E-state index in [2.05, 4.69) is 11.0 Å². The van der Waals surface area contributed by atoms with Gasteiger partial charge in [0.15, 0.2) is 15.8 Å². The van der Waals surface area contributed by atoms with E-state index < -0.39 is 11.1 Å². The Morgan fingerprint density at radius 2 is 1.94 bits per heavy atom. The third-order valence-corrected chi connectivity index (χ3v) is 6.12. The number of hydrogen-bond acceptors (Lipinski definition) is 3. The first-order chi connectivity index (χ1) is 8.77. The summed E-state index contributed by atoms with van der Waals surface area (Å²) in [6, 6.07) is 8.55. The Balaban J connectivity index is 1.94. The highest BCUT2D eigenvalue weighted by Crippen LogP contribution is 2.47. The number of anilines is 1. The average Bonchev–Trinajstić information content (AvgIpc) is 2.79. The molecular formula is C13H17NO2S2. The van der Waals surface area contributed by atoms with E-state index in [-0.39, 0.29) is 4.71 Å². The van der Waals surface area contributed by atoms with Crippen LogP contribution in [0, 0.1) is 0 Å². The summed E-state index contributed by atoms with van der Waals surface area (Å²) in [5, 5.41) is 0. The molecule has 2 unspecified atom stereocenters. The molecule has 1 aromatic carbocycles. The molecule has 98 valence electrons. The first-order valence-corrected chi connectivity index (χ1v) is 8.46. The SMILES string of the molecule is O=S(O)C1Sc2ccccc2N1C1CCCCC1. The Morgan fingerprint density at radius 1 is 1.22 bits per heavy atom. The summed E-state index contributed by atoms with van der Waals surface area (Å²) < 4.78 is 20.8. The molecule has 1 saturated carbocycles. The zero-order valence-corrected chi connectivity index (χ0v) is 11.8. The summed E-state index contributed by atoms with van der Waals surface area (Å²) in [5.74, 6) is 0. The molecule has 2 atom stereocenters. The number of thioether (sulfide) groups is 1. The molecule has 1 aromatic rings. The van der Waals surface area contributed by atoms with Crippen LogP contribution in [0.15, 0.2) is 29.2 Å². The fourth-order valence-corrected chi connectivity index (χ4v) is 5.10. The quantitative estimate of drug-likeness (QED) is 0.844. The Kier molecular flexibility index (Phi) is 3.63. The monoisotopic (exact) mass is 283 g/mol. The molecule has 2 aliphatic rings.